The Morgan fingerprint density at radius 2 is 0.726 bits per heavy atom. The Morgan fingerprint density at radius 3 is 1.13 bits per heavy atom. The van der Waals surface area contributed by atoms with E-state index in [0.717, 1.165) is 88.4 Å². The van der Waals surface area contributed by atoms with Crippen molar-refractivity contribution in [2.24, 2.45) is 0 Å². The number of nitriles is 5. The number of benzene rings is 7. The van der Waals surface area contributed by atoms with E-state index in [1.165, 1.54) is 0 Å². The molecule has 3 aromatic heterocycles. The van der Waals surface area contributed by atoms with Crippen LogP contribution in [0.25, 0.3) is 88.4 Å². The number of aromatic nitrogens is 3. The third-order valence-corrected chi connectivity index (χ3v) is 11.5. The lowest BCUT2D eigenvalue weighted by Gasteiger charge is -2.19. The minimum absolute atomic E-state index is 0.393. The van der Waals surface area contributed by atoms with E-state index in [4.69, 9.17) is 0 Å². The van der Waals surface area contributed by atoms with Gasteiger partial charge >= 0.3 is 0 Å². The third-order valence-electron chi connectivity index (χ3n) is 11.5. The van der Waals surface area contributed by atoms with Crippen LogP contribution in [0.4, 0.5) is 0 Å². The fourth-order valence-corrected chi connectivity index (χ4v) is 8.91. The summed E-state index contributed by atoms with van der Waals surface area (Å²) < 4.78 is 4.30. The Labute approximate surface area is 356 Å². The number of hydrogen-bond acceptors (Lipinski definition) is 6. The van der Waals surface area contributed by atoms with Gasteiger partial charge in [0.2, 0.25) is 0 Å². The Balaban J connectivity index is 1.33. The molecule has 0 saturated heterocycles. The number of nitrogens with zero attached hydrogens (tertiary/aromatic N) is 8. The molecular formula is C54H30N8. The molecule has 0 fully saturated rings. The summed E-state index contributed by atoms with van der Waals surface area (Å²) in [4.78, 5) is 4.68. The van der Waals surface area contributed by atoms with Crippen molar-refractivity contribution in [1.29, 1.82) is 26.3 Å². The zero-order valence-electron chi connectivity index (χ0n) is 33.4. The highest BCUT2D eigenvalue weighted by Gasteiger charge is 2.23. The van der Waals surface area contributed by atoms with Gasteiger partial charge in [0.05, 0.1) is 80.0 Å². The second-order valence-corrected chi connectivity index (χ2v) is 15.4. The first kappa shape index (κ1) is 37.0. The van der Waals surface area contributed by atoms with E-state index in [1.54, 1.807) is 36.4 Å². The summed E-state index contributed by atoms with van der Waals surface area (Å²) in [5.41, 5.74) is 13.5. The highest BCUT2D eigenvalue weighted by molar-refractivity contribution is 6.12. The van der Waals surface area contributed by atoms with E-state index in [0.29, 0.717) is 39.2 Å². The van der Waals surface area contributed by atoms with E-state index < -0.39 is 0 Å². The van der Waals surface area contributed by atoms with Gasteiger partial charge in [0.25, 0.3) is 0 Å². The first-order chi connectivity index (χ1) is 30.3. The molecule has 62 heavy (non-hydrogen) atoms. The molecule has 0 bridgehead atoms. The van der Waals surface area contributed by atoms with Gasteiger partial charge in [-0.1, -0.05) is 60.7 Å². The minimum atomic E-state index is 0.393. The van der Waals surface area contributed by atoms with Gasteiger partial charge in [-0.05, 0) is 132 Å². The fourth-order valence-electron chi connectivity index (χ4n) is 8.91. The topological polar surface area (TPSA) is 142 Å². The first-order valence-corrected chi connectivity index (χ1v) is 19.8. The van der Waals surface area contributed by atoms with Gasteiger partial charge in [-0.2, -0.15) is 26.3 Å². The van der Waals surface area contributed by atoms with Crippen molar-refractivity contribution in [1.82, 2.24) is 14.1 Å². The third kappa shape index (κ3) is 5.99. The lowest BCUT2D eigenvalue weighted by Crippen LogP contribution is -2.05. The van der Waals surface area contributed by atoms with Crippen LogP contribution < -0.4 is 0 Å². The monoisotopic (exact) mass is 790 g/mol. The molecule has 10 rings (SSSR count). The van der Waals surface area contributed by atoms with Crippen LogP contribution in [0.3, 0.4) is 0 Å². The Bertz CT molecular complexity index is 3490. The highest BCUT2D eigenvalue weighted by Crippen LogP contribution is 2.42. The summed E-state index contributed by atoms with van der Waals surface area (Å²) in [6.45, 7) is 3.95. The Kier molecular flexibility index (Phi) is 8.68. The predicted octanol–water partition coefficient (Wildman–Crippen LogP) is 12.3. The Hall–Kier alpha value is -9.26. The molecule has 0 N–H and O–H groups in total. The number of pyridine rings is 1. The molecule has 0 radical (unpaired) electrons. The van der Waals surface area contributed by atoms with Crippen LogP contribution in [0.1, 0.15) is 39.2 Å². The van der Waals surface area contributed by atoms with Crippen molar-refractivity contribution in [3.8, 4) is 75.1 Å². The van der Waals surface area contributed by atoms with Crippen LogP contribution in [0, 0.1) is 70.5 Å². The first-order valence-electron chi connectivity index (χ1n) is 19.8. The molecule has 10 aromatic rings. The lowest BCUT2D eigenvalue weighted by atomic mass is 9.98. The zero-order chi connectivity index (χ0) is 42.6. The molecule has 0 saturated carbocycles. The van der Waals surface area contributed by atoms with Crippen molar-refractivity contribution in [3.63, 3.8) is 0 Å². The molecule has 0 amide bonds. The second-order valence-electron chi connectivity index (χ2n) is 15.4. The van der Waals surface area contributed by atoms with Gasteiger partial charge in [0.15, 0.2) is 0 Å². The van der Waals surface area contributed by atoms with E-state index in [9.17, 15) is 26.3 Å². The number of para-hydroxylation sites is 2. The molecule has 0 aliphatic heterocycles. The van der Waals surface area contributed by atoms with Crippen molar-refractivity contribution in [3.05, 3.63) is 185 Å². The summed E-state index contributed by atoms with van der Waals surface area (Å²) in [6, 6.07) is 58.6. The van der Waals surface area contributed by atoms with Crippen molar-refractivity contribution >= 4 is 43.6 Å². The number of fused-ring (bicyclic) bond motifs is 6. The molecule has 0 aliphatic rings. The molecule has 8 nitrogen and oxygen atoms in total. The second kappa shape index (κ2) is 14.5. The van der Waals surface area contributed by atoms with E-state index in [1.807, 2.05) is 50.2 Å². The summed E-state index contributed by atoms with van der Waals surface area (Å²) in [7, 11) is 0. The lowest BCUT2D eigenvalue weighted by molar-refractivity contribution is 1.11. The number of rotatable bonds is 5. The van der Waals surface area contributed by atoms with Crippen LogP contribution in [-0.2, 0) is 0 Å². The van der Waals surface area contributed by atoms with Gasteiger partial charge < -0.3 is 9.13 Å². The molecular weight excluding hydrogens is 761 g/mol. The van der Waals surface area contributed by atoms with E-state index in [2.05, 4.69) is 117 Å². The van der Waals surface area contributed by atoms with Crippen molar-refractivity contribution in [2.75, 3.05) is 0 Å². The molecule has 286 valence electrons. The van der Waals surface area contributed by atoms with Crippen molar-refractivity contribution in [2.45, 2.75) is 13.8 Å². The minimum Gasteiger partial charge on any atom is -0.308 e. The van der Waals surface area contributed by atoms with E-state index in [-0.39, 0.29) is 0 Å². The Morgan fingerprint density at radius 1 is 0.355 bits per heavy atom. The predicted molar refractivity (Wildman–Crippen MR) is 242 cm³/mol. The van der Waals surface area contributed by atoms with Gasteiger partial charge in [-0.25, -0.2) is 0 Å². The zero-order valence-corrected chi connectivity index (χ0v) is 33.4. The summed E-state index contributed by atoms with van der Waals surface area (Å²) in [5.74, 6) is 0. The van der Waals surface area contributed by atoms with Crippen LogP contribution in [0.5, 0.6) is 0 Å². The van der Waals surface area contributed by atoms with Crippen molar-refractivity contribution < 1.29 is 0 Å². The standard InChI is InChI=1S/C54H30N8/c1-32-15-40(16-33(2)60-32)43-25-53(61-49-9-5-3-7-44(49)46-13-11-38(23-51(46)61)41-19-34(27-55)17-35(20-41)28-56)48(31-59)54(26-43)62-50-10-6-4-8-45(50)47-14-12-39(24-52(47)62)42-21-36(29-57)18-37(22-42)30-58/h3-26H,1-2H3. The van der Waals surface area contributed by atoms with Gasteiger partial charge in [-0.3, -0.25) is 4.98 Å². The molecule has 0 unspecified atom stereocenters. The quantitative estimate of drug-likeness (QED) is 0.170. The van der Waals surface area contributed by atoms with Crippen LogP contribution in [0.2, 0.25) is 0 Å². The molecule has 3 heterocycles. The van der Waals surface area contributed by atoms with Gasteiger partial charge in [-0.15, -0.1) is 0 Å². The van der Waals surface area contributed by atoms with Gasteiger partial charge in [0.1, 0.15) is 11.6 Å². The van der Waals surface area contributed by atoms with Crippen LogP contribution in [0.15, 0.2) is 146 Å². The SMILES string of the molecule is Cc1cc(-c2cc(-n3c4ccccc4c4ccc(-c5cc(C#N)cc(C#N)c5)cc43)c(C#N)c(-n3c4ccccc4c4ccc(-c5cc(C#N)cc(C#N)c5)cc43)c2)cc(C)n1. The molecule has 0 atom stereocenters. The van der Waals surface area contributed by atoms with Crippen LogP contribution in [-0.4, -0.2) is 14.1 Å². The number of hydrogen-bond donors (Lipinski definition) is 0. The highest BCUT2D eigenvalue weighted by atomic mass is 15.0. The van der Waals surface area contributed by atoms with Gasteiger partial charge in [0, 0.05) is 32.9 Å². The maximum Gasteiger partial charge on any atom is 0.104 e. The smallest absolute Gasteiger partial charge is 0.104 e. The average molecular weight is 791 g/mol. The summed E-state index contributed by atoms with van der Waals surface area (Å²) in [6.07, 6.45) is 0. The van der Waals surface area contributed by atoms with E-state index >= 15 is 0 Å². The molecule has 0 spiro atoms. The summed E-state index contributed by atoms with van der Waals surface area (Å²) >= 11 is 0. The fraction of sp³-hybridized carbons (Fsp3) is 0.0370. The largest absolute Gasteiger partial charge is 0.308 e. The molecule has 7 aromatic carbocycles. The average Bonchev–Trinajstić information content (AvgIpc) is 3.82. The normalized spacial score (nSPS) is 11.0. The maximum absolute atomic E-state index is 11.5. The molecule has 8 heteroatoms. The molecule has 0 aliphatic carbocycles. The van der Waals surface area contributed by atoms with Crippen LogP contribution >= 0.6 is 0 Å². The number of aryl methyl sites for hydroxylation is 2. The summed E-state index contributed by atoms with van der Waals surface area (Å²) in [5, 5.41) is 54.8. The maximum atomic E-state index is 11.5.